The summed E-state index contributed by atoms with van der Waals surface area (Å²) in [5.74, 6) is 0.289. The minimum absolute atomic E-state index is 0.144. The van der Waals surface area contributed by atoms with Gasteiger partial charge in [0.15, 0.2) is 5.13 Å². The summed E-state index contributed by atoms with van der Waals surface area (Å²) in [5.41, 5.74) is 1.90. The average molecular weight is 536 g/mol. The van der Waals surface area contributed by atoms with E-state index in [1.165, 1.54) is 21.7 Å². The van der Waals surface area contributed by atoms with E-state index in [1.807, 2.05) is 25.1 Å². The van der Waals surface area contributed by atoms with E-state index in [-0.39, 0.29) is 23.2 Å². The van der Waals surface area contributed by atoms with Gasteiger partial charge in [-0.3, -0.25) is 9.69 Å². The first-order chi connectivity index (χ1) is 16.3. The van der Waals surface area contributed by atoms with Crippen molar-refractivity contribution in [2.75, 3.05) is 11.4 Å². The fourth-order valence-corrected chi connectivity index (χ4v) is 8.44. The van der Waals surface area contributed by atoms with Gasteiger partial charge < -0.3 is 4.42 Å². The van der Waals surface area contributed by atoms with Crippen LogP contribution < -0.4 is 4.90 Å². The molecule has 1 aromatic carbocycles. The van der Waals surface area contributed by atoms with Crippen molar-refractivity contribution in [3.63, 3.8) is 0 Å². The van der Waals surface area contributed by atoms with E-state index in [4.69, 9.17) is 21.0 Å². The number of aromatic nitrogens is 1. The standard InChI is InChI=1S/C23H22ClN3O4S3/c1-15-7-8-17-19(13-15)32-23(25-17)26(14-16-5-4-12-31-16)22(28)18-6-2-3-11-27(18)34(29,30)21-10-9-20(24)33-21/h4-5,7-10,12-13,18H,2-3,6,11,14H2,1H3. The summed E-state index contributed by atoms with van der Waals surface area (Å²) < 4.78 is 35.2. The molecule has 4 heterocycles. The number of carbonyl (C=O) groups excluding carboxylic acids is 1. The maximum absolute atomic E-state index is 14.0. The van der Waals surface area contributed by atoms with Crippen LogP contribution in [0.4, 0.5) is 5.13 Å². The molecule has 0 N–H and O–H groups in total. The Labute approximate surface area is 210 Å². The van der Waals surface area contributed by atoms with Gasteiger partial charge in [0.1, 0.15) is 16.0 Å². The molecule has 0 radical (unpaired) electrons. The number of nitrogens with zero attached hydrogens (tertiary/aromatic N) is 3. The van der Waals surface area contributed by atoms with Crippen molar-refractivity contribution < 1.29 is 17.6 Å². The van der Waals surface area contributed by atoms with E-state index in [2.05, 4.69) is 0 Å². The summed E-state index contributed by atoms with van der Waals surface area (Å²) in [6, 6.07) is 11.7. The number of piperidine rings is 1. The lowest BCUT2D eigenvalue weighted by Gasteiger charge is -2.35. The maximum atomic E-state index is 14.0. The minimum Gasteiger partial charge on any atom is -0.467 e. The predicted molar refractivity (Wildman–Crippen MR) is 135 cm³/mol. The van der Waals surface area contributed by atoms with Crippen LogP contribution in [-0.4, -0.2) is 36.2 Å². The second kappa shape index (κ2) is 9.43. The third-order valence-electron chi connectivity index (χ3n) is 5.77. The highest BCUT2D eigenvalue weighted by Crippen LogP contribution is 2.35. The molecule has 1 aliphatic heterocycles. The summed E-state index contributed by atoms with van der Waals surface area (Å²) in [5, 5.41) is 0.518. The van der Waals surface area contributed by atoms with Gasteiger partial charge in [0.25, 0.3) is 10.0 Å². The van der Waals surface area contributed by atoms with Crippen LogP contribution >= 0.6 is 34.3 Å². The van der Waals surface area contributed by atoms with E-state index in [9.17, 15) is 13.2 Å². The monoisotopic (exact) mass is 535 g/mol. The number of rotatable bonds is 6. The molecule has 1 aliphatic rings. The molecule has 34 heavy (non-hydrogen) atoms. The van der Waals surface area contributed by atoms with Gasteiger partial charge in [0.2, 0.25) is 5.91 Å². The van der Waals surface area contributed by atoms with Gasteiger partial charge >= 0.3 is 0 Å². The lowest BCUT2D eigenvalue weighted by molar-refractivity contribution is -0.123. The number of carbonyl (C=O) groups is 1. The molecule has 3 aromatic heterocycles. The zero-order chi connectivity index (χ0) is 23.9. The largest absolute Gasteiger partial charge is 0.467 e. The first-order valence-electron chi connectivity index (χ1n) is 10.8. The minimum atomic E-state index is -3.86. The predicted octanol–water partition coefficient (Wildman–Crippen LogP) is 5.69. The number of anilines is 1. The van der Waals surface area contributed by atoms with E-state index in [0.29, 0.717) is 28.1 Å². The fourth-order valence-electron chi connectivity index (χ4n) is 4.10. The zero-order valence-corrected chi connectivity index (χ0v) is 21.5. The average Bonchev–Trinajstić information content (AvgIpc) is 3.58. The molecule has 5 rings (SSSR count). The Morgan fingerprint density at radius 2 is 2.09 bits per heavy atom. The number of thiazole rings is 1. The van der Waals surface area contributed by atoms with Gasteiger partial charge in [-0.2, -0.15) is 4.31 Å². The Bertz CT molecular complexity index is 1430. The number of halogens is 1. The lowest BCUT2D eigenvalue weighted by atomic mass is 10.0. The van der Waals surface area contributed by atoms with Crippen molar-refractivity contribution in [1.29, 1.82) is 0 Å². The van der Waals surface area contributed by atoms with Crippen molar-refractivity contribution in [2.45, 2.75) is 43.0 Å². The molecular formula is C23H22ClN3O4S3. The molecule has 178 valence electrons. The van der Waals surface area contributed by atoms with Crippen LogP contribution in [0.2, 0.25) is 4.34 Å². The third-order valence-corrected chi connectivity index (χ3v) is 10.4. The molecule has 1 unspecified atom stereocenters. The van der Waals surface area contributed by atoms with Crippen molar-refractivity contribution in [2.24, 2.45) is 0 Å². The van der Waals surface area contributed by atoms with Gasteiger partial charge in [-0.05, 0) is 61.7 Å². The van der Waals surface area contributed by atoms with Crippen LogP contribution in [0.1, 0.15) is 30.6 Å². The number of thiophene rings is 1. The first-order valence-corrected chi connectivity index (χ1v) is 14.3. The molecule has 0 bridgehead atoms. The second-order valence-electron chi connectivity index (χ2n) is 8.16. The number of hydrogen-bond donors (Lipinski definition) is 0. The molecule has 4 aromatic rings. The Morgan fingerprint density at radius 1 is 1.24 bits per heavy atom. The molecule has 0 saturated carbocycles. The number of benzene rings is 1. The highest BCUT2D eigenvalue weighted by Gasteiger charge is 2.41. The summed E-state index contributed by atoms with van der Waals surface area (Å²) in [7, 11) is -3.86. The van der Waals surface area contributed by atoms with Gasteiger partial charge in [0.05, 0.1) is 27.4 Å². The number of sulfonamides is 1. The van der Waals surface area contributed by atoms with Crippen molar-refractivity contribution in [3.05, 3.63) is 64.4 Å². The lowest BCUT2D eigenvalue weighted by Crippen LogP contribution is -2.52. The molecule has 1 atom stereocenters. The number of amides is 1. The Kier molecular flexibility index (Phi) is 6.51. The topological polar surface area (TPSA) is 83.7 Å². The molecular weight excluding hydrogens is 514 g/mol. The van der Waals surface area contributed by atoms with Crippen LogP contribution in [0.15, 0.2) is 57.4 Å². The summed E-state index contributed by atoms with van der Waals surface area (Å²) in [6.07, 6.45) is 3.45. The summed E-state index contributed by atoms with van der Waals surface area (Å²) in [4.78, 5) is 20.2. The second-order valence-corrected chi connectivity index (χ2v) is 13.0. The van der Waals surface area contributed by atoms with E-state index < -0.39 is 16.1 Å². The Hall–Kier alpha value is -2.24. The highest BCUT2D eigenvalue weighted by atomic mass is 35.5. The number of furan rings is 1. The van der Waals surface area contributed by atoms with Gasteiger partial charge in [-0.1, -0.05) is 35.4 Å². The number of fused-ring (bicyclic) bond motifs is 1. The molecule has 1 amide bonds. The van der Waals surface area contributed by atoms with Crippen LogP contribution in [0.5, 0.6) is 0 Å². The van der Waals surface area contributed by atoms with E-state index >= 15 is 0 Å². The van der Waals surface area contributed by atoms with Crippen molar-refractivity contribution in [1.82, 2.24) is 9.29 Å². The van der Waals surface area contributed by atoms with Crippen LogP contribution in [0.25, 0.3) is 10.2 Å². The normalized spacial score (nSPS) is 17.3. The SMILES string of the molecule is Cc1ccc2nc(N(Cc3ccco3)C(=O)C3CCCCN3S(=O)(=O)c3ccc(Cl)s3)sc2c1. The Morgan fingerprint density at radius 3 is 2.82 bits per heavy atom. The highest BCUT2D eigenvalue weighted by molar-refractivity contribution is 7.91. The Balaban J connectivity index is 1.53. The number of hydrogen-bond acceptors (Lipinski definition) is 7. The fraction of sp³-hybridized carbons (Fsp3) is 0.304. The zero-order valence-electron chi connectivity index (χ0n) is 18.3. The van der Waals surface area contributed by atoms with E-state index in [0.717, 1.165) is 33.5 Å². The van der Waals surface area contributed by atoms with Gasteiger partial charge in [-0.15, -0.1) is 11.3 Å². The number of aryl methyl sites for hydroxylation is 1. The first kappa shape index (κ1) is 23.5. The summed E-state index contributed by atoms with van der Waals surface area (Å²) in [6.45, 7) is 2.45. The quantitative estimate of drug-likeness (QED) is 0.317. The van der Waals surface area contributed by atoms with Crippen LogP contribution in [0.3, 0.4) is 0 Å². The molecule has 1 saturated heterocycles. The molecule has 1 fully saturated rings. The van der Waals surface area contributed by atoms with Crippen molar-refractivity contribution >= 4 is 65.6 Å². The van der Waals surface area contributed by atoms with E-state index in [1.54, 1.807) is 29.4 Å². The van der Waals surface area contributed by atoms with Gasteiger partial charge in [-0.25, -0.2) is 13.4 Å². The summed E-state index contributed by atoms with van der Waals surface area (Å²) >= 11 is 8.42. The smallest absolute Gasteiger partial charge is 0.253 e. The van der Waals surface area contributed by atoms with Crippen LogP contribution in [-0.2, 0) is 21.4 Å². The molecule has 0 aliphatic carbocycles. The molecule has 0 spiro atoms. The van der Waals surface area contributed by atoms with Gasteiger partial charge in [0, 0.05) is 6.54 Å². The third kappa shape index (κ3) is 4.52. The molecule has 11 heteroatoms. The molecule has 7 nitrogen and oxygen atoms in total. The maximum Gasteiger partial charge on any atom is 0.253 e. The van der Waals surface area contributed by atoms with Crippen molar-refractivity contribution in [3.8, 4) is 0 Å². The van der Waals surface area contributed by atoms with Crippen LogP contribution in [0, 0.1) is 6.92 Å².